The van der Waals surface area contributed by atoms with Crippen LogP contribution in [0.1, 0.15) is 60.7 Å². The summed E-state index contributed by atoms with van der Waals surface area (Å²) in [7, 11) is 0. The van der Waals surface area contributed by atoms with Gasteiger partial charge in [-0.25, -0.2) is 5.43 Å². The first-order chi connectivity index (χ1) is 13.9. The molecule has 3 aromatic rings. The third-order valence-electron chi connectivity index (χ3n) is 5.03. The van der Waals surface area contributed by atoms with Gasteiger partial charge in [-0.05, 0) is 41.2 Å². The summed E-state index contributed by atoms with van der Waals surface area (Å²) in [5, 5.41) is 4.44. The predicted molar refractivity (Wildman–Crippen MR) is 120 cm³/mol. The average Bonchev–Trinajstić information content (AvgIpc) is 2.73. The molecule has 0 fully saturated rings. The van der Waals surface area contributed by atoms with Crippen LogP contribution in [-0.4, -0.2) is 11.6 Å². The van der Waals surface area contributed by atoms with Crippen LogP contribution in [-0.2, 0) is 5.41 Å². The number of rotatable bonds is 5. The molecule has 0 spiro atoms. The topological polar surface area (TPSA) is 41.5 Å². The van der Waals surface area contributed by atoms with Gasteiger partial charge in [0.05, 0.1) is 0 Å². The first-order valence-electron chi connectivity index (χ1n) is 9.91. The lowest BCUT2D eigenvalue weighted by Crippen LogP contribution is -2.22. The summed E-state index contributed by atoms with van der Waals surface area (Å²) >= 11 is 0. The maximum absolute atomic E-state index is 12.6. The van der Waals surface area contributed by atoms with Crippen molar-refractivity contribution in [3.63, 3.8) is 0 Å². The molecule has 1 amide bonds. The number of hydrazone groups is 1. The average molecular weight is 385 g/mol. The maximum atomic E-state index is 12.6. The van der Waals surface area contributed by atoms with E-state index in [0.29, 0.717) is 5.56 Å². The second kappa shape index (κ2) is 8.87. The number of carbonyl (C=O) groups is 1. The van der Waals surface area contributed by atoms with E-state index in [1.807, 2.05) is 67.6 Å². The van der Waals surface area contributed by atoms with Crippen LogP contribution in [0.5, 0.6) is 0 Å². The number of hydrogen-bond acceptors (Lipinski definition) is 2. The molecule has 0 aliphatic rings. The highest BCUT2D eigenvalue weighted by Crippen LogP contribution is 2.26. The summed E-state index contributed by atoms with van der Waals surface area (Å²) in [6.45, 7) is 8.42. The summed E-state index contributed by atoms with van der Waals surface area (Å²) in [6, 6.07) is 28.1. The first-order valence-corrected chi connectivity index (χ1v) is 9.91. The number of carbonyl (C=O) groups excluding carboxylic acids is 1. The summed E-state index contributed by atoms with van der Waals surface area (Å²) in [6.07, 6.45) is 0. The molecule has 0 aromatic heterocycles. The molecule has 0 saturated heterocycles. The van der Waals surface area contributed by atoms with E-state index in [4.69, 9.17) is 0 Å². The van der Waals surface area contributed by atoms with E-state index >= 15 is 0 Å². The Labute approximate surface area is 173 Å². The Kier molecular flexibility index (Phi) is 6.28. The molecular formula is C26H28N2O. The number of hydrogen-bond donors (Lipinski definition) is 1. The van der Waals surface area contributed by atoms with Gasteiger partial charge < -0.3 is 0 Å². The molecule has 0 aliphatic heterocycles. The highest BCUT2D eigenvalue weighted by Gasteiger charge is 2.18. The molecule has 0 unspecified atom stereocenters. The van der Waals surface area contributed by atoms with Crippen molar-refractivity contribution in [3.8, 4) is 0 Å². The van der Waals surface area contributed by atoms with E-state index in [-0.39, 0.29) is 17.2 Å². The van der Waals surface area contributed by atoms with Crippen LogP contribution in [0.15, 0.2) is 90.0 Å². The standard InChI is InChI=1S/C26H28N2O/c1-19(24(20-11-7-5-8-12-20)21-13-9-6-10-14-21)27-28-25(29)22-15-17-23(18-16-22)26(2,3)4/h5-18,24H,1-4H3,(H,28,29)/b27-19+. The van der Waals surface area contributed by atoms with Crippen molar-refractivity contribution in [2.75, 3.05) is 0 Å². The summed E-state index contributed by atoms with van der Waals surface area (Å²) < 4.78 is 0. The lowest BCUT2D eigenvalue weighted by atomic mass is 9.87. The molecule has 0 bridgehead atoms. The van der Waals surface area contributed by atoms with Gasteiger partial charge in [0, 0.05) is 17.2 Å². The van der Waals surface area contributed by atoms with Crippen LogP contribution < -0.4 is 5.43 Å². The van der Waals surface area contributed by atoms with Crippen LogP contribution in [0.25, 0.3) is 0 Å². The number of amides is 1. The largest absolute Gasteiger partial charge is 0.271 e. The molecule has 0 atom stereocenters. The fourth-order valence-electron chi connectivity index (χ4n) is 3.36. The van der Waals surface area contributed by atoms with Crippen molar-refractivity contribution in [1.29, 1.82) is 0 Å². The van der Waals surface area contributed by atoms with Crippen molar-refractivity contribution in [2.24, 2.45) is 5.10 Å². The van der Waals surface area contributed by atoms with Crippen molar-refractivity contribution in [1.82, 2.24) is 5.43 Å². The summed E-state index contributed by atoms with van der Waals surface area (Å²) in [4.78, 5) is 12.6. The molecule has 148 valence electrons. The zero-order valence-corrected chi connectivity index (χ0v) is 17.5. The minimum absolute atomic E-state index is 0.0130. The van der Waals surface area contributed by atoms with Crippen molar-refractivity contribution in [3.05, 3.63) is 107 Å². The van der Waals surface area contributed by atoms with E-state index in [1.54, 1.807) is 0 Å². The lowest BCUT2D eigenvalue weighted by Gasteiger charge is -2.19. The van der Waals surface area contributed by atoms with Gasteiger partial charge in [0.2, 0.25) is 0 Å². The van der Waals surface area contributed by atoms with E-state index in [0.717, 1.165) is 16.8 Å². The second-order valence-electron chi connectivity index (χ2n) is 8.28. The molecule has 0 saturated carbocycles. The molecule has 0 radical (unpaired) electrons. The monoisotopic (exact) mass is 384 g/mol. The highest BCUT2D eigenvalue weighted by molar-refractivity contribution is 5.97. The van der Waals surface area contributed by atoms with Gasteiger partial charge in [0.1, 0.15) is 0 Å². The smallest absolute Gasteiger partial charge is 0.267 e. The van der Waals surface area contributed by atoms with Crippen LogP contribution in [0.4, 0.5) is 0 Å². The fraction of sp³-hybridized carbons (Fsp3) is 0.231. The Morgan fingerprint density at radius 3 is 1.72 bits per heavy atom. The number of benzene rings is 3. The zero-order valence-electron chi connectivity index (χ0n) is 17.5. The Morgan fingerprint density at radius 2 is 1.28 bits per heavy atom. The molecular weight excluding hydrogens is 356 g/mol. The van der Waals surface area contributed by atoms with Gasteiger partial charge >= 0.3 is 0 Å². The quantitative estimate of drug-likeness (QED) is 0.430. The van der Waals surface area contributed by atoms with Crippen molar-refractivity contribution in [2.45, 2.75) is 39.0 Å². The van der Waals surface area contributed by atoms with E-state index in [9.17, 15) is 4.79 Å². The minimum Gasteiger partial charge on any atom is -0.267 e. The number of nitrogens with zero attached hydrogens (tertiary/aromatic N) is 1. The Hall–Kier alpha value is -3.20. The lowest BCUT2D eigenvalue weighted by molar-refractivity contribution is 0.0954. The van der Waals surface area contributed by atoms with E-state index in [2.05, 4.69) is 55.6 Å². The third kappa shape index (κ3) is 5.20. The van der Waals surface area contributed by atoms with Crippen molar-refractivity contribution >= 4 is 11.6 Å². The van der Waals surface area contributed by atoms with Gasteiger partial charge in [-0.1, -0.05) is 93.6 Å². The van der Waals surface area contributed by atoms with Gasteiger partial charge in [-0.3, -0.25) is 4.79 Å². The molecule has 29 heavy (non-hydrogen) atoms. The molecule has 1 N–H and O–H groups in total. The maximum Gasteiger partial charge on any atom is 0.271 e. The third-order valence-corrected chi connectivity index (χ3v) is 5.03. The minimum atomic E-state index is -0.204. The van der Waals surface area contributed by atoms with Crippen LogP contribution in [0.3, 0.4) is 0 Å². The molecule has 3 heteroatoms. The van der Waals surface area contributed by atoms with Gasteiger partial charge in [0.25, 0.3) is 5.91 Å². The van der Waals surface area contributed by atoms with Crippen molar-refractivity contribution < 1.29 is 4.79 Å². The fourth-order valence-corrected chi connectivity index (χ4v) is 3.36. The first kappa shape index (κ1) is 20.5. The van der Waals surface area contributed by atoms with Gasteiger partial charge in [-0.15, -0.1) is 0 Å². The molecule has 3 aromatic carbocycles. The highest BCUT2D eigenvalue weighted by atomic mass is 16.2. The summed E-state index contributed by atoms with van der Waals surface area (Å²) in [5.74, 6) is -0.217. The van der Waals surface area contributed by atoms with Gasteiger partial charge in [-0.2, -0.15) is 5.10 Å². The van der Waals surface area contributed by atoms with E-state index < -0.39 is 0 Å². The normalized spacial score (nSPS) is 12.1. The Morgan fingerprint density at radius 1 is 0.793 bits per heavy atom. The van der Waals surface area contributed by atoms with Crippen LogP contribution in [0, 0.1) is 0 Å². The SMILES string of the molecule is C/C(=N\NC(=O)c1ccc(C(C)(C)C)cc1)C(c1ccccc1)c1ccccc1. The predicted octanol–water partition coefficient (Wildman–Crippen LogP) is 5.92. The van der Waals surface area contributed by atoms with Crippen LogP contribution in [0.2, 0.25) is 0 Å². The second-order valence-corrected chi connectivity index (χ2v) is 8.28. The molecule has 3 rings (SSSR count). The van der Waals surface area contributed by atoms with E-state index in [1.165, 1.54) is 5.56 Å². The van der Waals surface area contributed by atoms with Gasteiger partial charge in [0.15, 0.2) is 0 Å². The number of nitrogens with one attached hydrogen (secondary N) is 1. The summed E-state index contributed by atoms with van der Waals surface area (Å²) in [5.41, 5.74) is 7.70. The molecule has 0 heterocycles. The molecule has 3 nitrogen and oxygen atoms in total. The zero-order chi connectivity index (χ0) is 20.9. The Balaban J connectivity index is 1.81. The van der Waals surface area contributed by atoms with Crippen LogP contribution >= 0.6 is 0 Å². The Bertz CT molecular complexity index is 929. The molecule has 0 aliphatic carbocycles.